The van der Waals surface area contributed by atoms with E-state index in [1.807, 2.05) is 0 Å². The van der Waals surface area contributed by atoms with Crippen LogP contribution >= 0.6 is 12.4 Å². The predicted octanol–water partition coefficient (Wildman–Crippen LogP) is 5.57. The first kappa shape index (κ1) is 21.9. The first-order valence-electron chi connectivity index (χ1n) is 9.99. The molecule has 0 aliphatic heterocycles. The zero-order valence-corrected chi connectivity index (χ0v) is 17.7. The van der Waals surface area contributed by atoms with E-state index in [2.05, 4.69) is 80.5 Å². The summed E-state index contributed by atoms with van der Waals surface area (Å²) >= 11 is 0. The van der Waals surface area contributed by atoms with Gasteiger partial charge in [-0.1, -0.05) is 67.4 Å². The smallest absolute Gasteiger partial charge is 0.0697 e. The van der Waals surface area contributed by atoms with E-state index in [9.17, 15) is 5.11 Å². The van der Waals surface area contributed by atoms with Gasteiger partial charge in [0.25, 0.3) is 0 Å². The third-order valence-electron chi connectivity index (χ3n) is 6.20. The normalized spacial score (nSPS) is 23.7. The second-order valence-electron chi connectivity index (χ2n) is 8.21. The monoisotopic (exact) mass is 387 g/mol. The van der Waals surface area contributed by atoms with Crippen molar-refractivity contribution in [1.82, 2.24) is 4.90 Å². The Morgan fingerprint density at radius 3 is 2.37 bits per heavy atom. The minimum atomic E-state index is -0.592. The summed E-state index contributed by atoms with van der Waals surface area (Å²) in [5.74, 6) is 0.274. The van der Waals surface area contributed by atoms with Crippen molar-refractivity contribution >= 4 is 12.4 Å². The molecule has 27 heavy (non-hydrogen) atoms. The maximum absolute atomic E-state index is 11.7. The Kier molecular flexibility index (Phi) is 7.91. The first-order chi connectivity index (χ1) is 12.5. The highest BCUT2D eigenvalue weighted by atomic mass is 35.5. The van der Waals surface area contributed by atoms with Gasteiger partial charge in [-0.2, -0.15) is 0 Å². The van der Waals surface area contributed by atoms with Crippen molar-refractivity contribution in [3.63, 3.8) is 0 Å². The van der Waals surface area contributed by atoms with Gasteiger partial charge in [-0.05, 0) is 63.4 Å². The van der Waals surface area contributed by atoms with Crippen molar-refractivity contribution in [2.24, 2.45) is 5.92 Å². The summed E-state index contributed by atoms with van der Waals surface area (Å²) in [5, 5.41) is 11.7. The molecule has 2 aromatic carbocycles. The van der Waals surface area contributed by atoms with Gasteiger partial charge in [0, 0.05) is 12.0 Å². The molecule has 2 aromatic rings. The Balaban J connectivity index is 0.00000261. The standard InChI is InChI=1S/C24H33NO.ClH/c1-19-11-7-8-14-21(19)23(25(2)3)22-15-9-10-17-24(22,26)18-16-20-12-5-4-6-13-20;/h4-8,11-14,22-23,26H,9-10,15-18H2,1-3H3;1H. The van der Waals surface area contributed by atoms with Crippen LogP contribution < -0.4 is 0 Å². The van der Waals surface area contributed by atoms with E-state index in [4.69, 9.17) is 0 Å². The summed E-state index contributed by atoms with van der Waals surface area (Å²) in [4.78, 5) is 2.31. The van der Waals surface area contributed by atoms with E-state index in [0.29, 0.717) is 0 Å². The highest BCUT2D eigenvalue weighted by Gasteiger charge is 2.44. The quantitative estimate of drug-likeness (QED) is 0.699. The van der Waals surface area contributed by atoms with E-state index in [-0.39, 0.29) is 24.4 Å². The van der Waals surface area contributed by atoms with Gasteiger partial charge in [-0.15, -0.1) is 12.4 Å². The third kappa shape index (κ3) is 5.13. The number of aryl methyl sites for hydroxylation is 2. The van der Waals surface area contributed by atoms with Crippen LogP contribution in [-0.2, 0) is 6.42 Å². The van der Waals surface area contributed by atoms with Crippen molar-refractivity contribution < 1.29 is 5.11 Å². The fourth-order valence-corrected chi connectivity index (χ4v) is 4.79. The molecule has 0 amide bonds. The summed E-state index contributed by atoms with van der Waals surface area (Å²) in [6.45, 7) is 2.19. The molecule has 2 nitrogen and oxygen atoms in total. The summed E-state index contributed by atoms with van der Waals surface area (Å²) in [5.41, 5.74) is 3.41. The second-order valence-corrected chi connectivity index (χ2v) is 8.21. The van der Waals surface area contributed by atoms with Crippen LogP contribution in [0.25, 0.3) is 0 Å². The van der Waals surface area contributed by atoms with Crippen molar-refractivity contribution in [1.29, 1.82) is 0 Å². The Morgan fingerprint density at radius 1 is 1.04 bits per heavy atom. The zero-order chi connectivity index (χ0) is 18.6. The Labute approximate surface area is 171 Å². The number of halogens is 1. The lowest BCUT2D eigenvalue weighted by Gasteiger charge is -2.47. The largest absolute Gasteiger partial charge is 0.390 e. The minimum absolute atomic E-state index is 0. The molecule has 0 bridgehead atoms. The van der Waals surface area contributed by atoms with Crippen LogP contribution in [-0.4, -0.2) is 29.7 Å². The Bertz CT molecular complexity index is 703. The summed E-state index contributed by atoms with van der Waals surface area (Å²) < 4.78 is 0. The van der Waals surface area contributed by atoms with E-state index in [1.54, 1.807) is 0 Å². The lowest BCUT2D eigenvalue weighted by Crippen LogP contribution is -2.47. The summed E-state index contributed by atoms with van der Waals surface area (Å²) in [6, 6.07) is 19.5. The third-order valence-corrected chi connectivity index (χ3v) is 6.20. The van der Waals surface area contributed by atoms with E-state index in [0.717, 1.165) is 32.1 Å². The van der Waals surface area contributed by atoms with Crippen molar-refractivity contribution in [3.05, 3.63) is 71.3 Å². The Morgan fingerprint density at radius 2 is 1.70 bits per heavy atom. The van der Waals surface area contributed by atoms with Crippen LogP contribution in [0.15, 0.2) is 54.6 Å². The molecule has 0 spiro atoms. The molecular formula is C24H34ClNO. The molecule has 3 heteroatoms. The lowest BCUT2D eigenvalue weighted by molar-refractivity contribution is -0.0829. The summed E-state index contributed by atoms with van der Waals surface area (Å²) in [6.07, 6.45) is 6.16. The molecular weight excluding hydrogens is 354 g/mol. The average Bonchev–Trinajstić information content (AvgIpc) is 2.64. The van der Waals surface area contributed by atoms with Crippen molar-refractivity contribution in [2.45, 2.75) is 57.1 Å². The molecule has 3 atom stereocenters. The van der Waals surface area contributed by atoms with Crippen LogP contribution in [0.5, 0.6) is 0 Å². The lowest BCUT2D eigenvalue weighted by atomic mass is 9.67. The molecule has 0 heterocycles. The maximum atomic E-state index is 11.7. The van der Waals surface area contributed by atoms with Crippen LogP contribution in [0.1, 0.15) is 54.8 Å². The van der Waals surface area contributed by atoms with Crippen molar-refractivity contribution in [2.75, 3.05) is 14.1 Å². The van der Waals surface area contributed by atoms with Crippen LogP contribution in [0.3, 0.4) is 0 Å². The number of benzene rings is 2. The van der Waals surface area contributed by atoms with E-state index < -0.39 is 5.60 Å². The van der Waals surface area contributed by atoms with Gasteiger partial charge in [0.1, 0.15) is 0 Å². The number of hydrogen-bond acceptors (Lipinski definition) is 2. The van der Waals surface area contributed by atoms with Crippen molar-refractivity contribution in [3.8, 4) is 0 Å². The molecule has 1 saturated carbocycles. The molecule has 0 aromatic heterocycles. The molecule has 0 saturated heterocycles. The number of nitrogens with zero attached hydrogens (tertiary/aromatic N) is 1. The Hall–Kier alpha value is -1.35. The highest BCUT2D eigenvalue weighted by Crippen LogP contribution is 2.46. The van der Waals surface area contributed by atoms with Crippen LogP contribution in [0.2, 0.25) is 0 Å². The molecule has 1 aliphatic carbocycles. The predicted molar refractivity (Wildman–Crippen MR) is 117 cm³/mol. The van der Waals surface area contributed by atoms with Gasteiger partial charge in [0.2, 0.25) is 0 Å². The van der Waals surface area contributed by atoms with Gasteiger partial charge in [0.05, 0.1) is 5.60 Å². The summed E-state index contributed by atoms with van der Waals surface area (Å²) in [7, 11) is 4.31. The van der Waals surface area contributed by atoms with Gasteiger partial charge >= 0.3 is 0 Å². The molecule has 1 fully saturated rings. The number of hydrogen-bond donors (Lipinski definition) is 1. The van der Waals surface area contributed by atoms with E-state index in [1.165, 1.54) is 23.1 Å². The molecule has 1 aliphatic rings. The van der Waals surface area contributed by atoms with Crippen LogP contribution in [0, 0.1) is 12.8 Å². The van der Waals surface area contributed by atoms with Gasteiger partial charge in [-0.25, -0.2) is 0 Å². The molecule has 0 radical (unpaired) electrons. The number of aliphatic hydroxyl groups is 1. The topological polar surface area (TPSA) is 23.5 Å². The molecule has 3 unspecified atom stereocenters. The molecule has 148 valence electrons. The first-order valence-corrected chi connectivity index (χ1v) is 9.99. The van der Waals surface area contributed by atoms with Gasteiger partial charge < -0.3 is 10.0 Å². The van der Waals surface area contributed by atoms with Gasteiger partial charge in [-0.3, -0.25) is 0 Å². The fourth-order valence-electron chi connectivity index (χ4n) is 4.79. The zero-order valence-electron chi connectivity index (χ0n) is 16.9. The number of rotatable bonds is 6. The highest BCUT2D eigenvalue weighted by molar-refractivity contribution is 5.85. The van der Waals surface area contributed by atoms with E-state index >= 15 is 0 Å². The minimum Gasteiger partial charge on any atom is -0.390 e. The fraction of sp³-hybridized carbons (Fsp3) is 0.500. The average molecular weight is 388 g/mol. The maximum Gasteiger partial charge on any atom is 0.0697 e. The molecule has 3 rings (SSSR count). The SMILES string of the molecule is Cc1ccccc1C(C1CCCCC1(O)CCc1ccccc1)N(C)C.Cl. The molecule has 1 N–H and O–H groups in total. The second kappa shape index (κ2) is 9.73. The van der Waals surface area contributed by atoms with Crippen LogP contribution in [0.4, 0.5) is 0 Å². The van der Waals surface area contributed by atoms with Gasteiger partial charge in [0.15, 0.2) is 0 Å².